The third-order valence-electron chi connectivity index (χ3n) is 2.53. The maximum Gasteiger partial charge on any atom is 0.469 e. The Labute approximate surface area is 107 Å². The van der Waals surface area contributed by atoms with Crippen LogP contribution < -0.4 is 4.74 Å². The number of methoxy groups -OCH3 is 1. The minimum Gasteiger partial charge on any atom is -0.497 e. The van der Waals surface area contributed by atoms with E-state index in [0.717, 1.165) is 25.0 Å². The summed E-state index contributed by atoms with van der Waals surface area (Å²) in [5.74, 6) is 0.841. The molecule has 0 aliphatic heterocycles. The van der Waals surface area contributed by atoms with Crippen LogP contribution in [0.25, 0.3) is 0 Å². The molecule has 0 saturated heterocycles. The molecule has 0 aliphatic carbocycles. The maximum absolute atomic E-state index is 10.4. The van der Waals surface area contributed by atoms with E-state index in [0.29, 0.717) is 6.42 Å². The smallest absolute Gasteiger partial charge is 0.469 e. The Morgan fingerprint density at radius 2 is 1.78 bits per heavy atom. The van der Waals surface area contributed by atoms with Crippen LogP contribution in [0.1, 0.15) is 24.8 Å². The first-order chi connectivity index (χ1) is 8.51. The largest absolute Gasteiger partial charge is 0.497 e. The van der Waals surface area contributed by atoms with Crippen molar-refractivity contribution in [1.82, 2.24) is 0 Å². The highest BCUT2D eigenvalue weighted by Crippen LogP contribution is 2.35. The van der Waals surface area contributed by atoms with Gasteiger partial charge in [-0.15, -0.1) is 0 Å². The quantitative estimate of drug-likeness (QED) is 0.562. The molecule has 1 aromatic rings. The fraction of sp³-hybridized carbons (Fsp3) is 0.500. The van der Waals surface area contributed by atoms with E-state index in [2.05, 4.69) is 4.52 Å². The average molecular weight is 274 g/mol. The molecule has 18 heavy (non-hydrogen) atoms. The van der Waals surface area contributed by atoms with Gasteiger partial charge in [0.2, 0.25) is 0 Å². The zero-order chi connectivity index (χ0) is 13.4. The van der Waals surface area contributed by atoms with Gasteiger partial charge >= 0.3 is 7.82 Å². The molecule has 1 rings (SSSR count). The molecule has 0 unspecified atom stereocenters. The van der Waals surface area contributed by atoms with Crippen LogP contribution >= 0.6 is 7.82 Å². The number of phosphoric acid groups is 1. The van der Waals surface area contributed by atoms with E-state index in [1.807, 2.05) is 24.3 Å². The van der Waals surface area contributed by atoms with E-state index >= 15 is 0 Å². The molecule has 5 nitrogen and oxygen atoms in total. The number of aryl methyl sites for hydroxylation is 1. The van der Waals surface area contributed by atoms with E-state index in [1.54, 1.807) is 7.11 Å². The van der Waals surface area contributed by atoms with E-state index in [-0.39, 0.29) is 6.61 Å². The molecule has 0 radical (unpaired) electrons. The lowest BCUT2D eigenvalue weighted by Crippen LogP contribution is -1.93. The third-order valence-corrected chi connectivity index (χ3v) is 3.05. The Morgan fingerprint density at radius 3 is 2.33 bits per heavy atom. The lowest BCUT2D eigenvalue weighted by molar-refractivity contribution is 0.193. The zero-order valence-electron chi connectivity index (χ0n) is 10.4. The number of hydrogen-bond acceptors (Lipinski definition) is 3. The summed E-state index contributed by atoms with van der Waals surface area (Å²) in [5, 5.41) is 0. The standard InChI is InChI=1S/C12H19O5P/c1-16-12-8-6-11(7-9-12)5-3-2-4-10-17-18(13,14)15/h6-9H,2-5,10H2,1H3,(H2,13,14,15). The van der Waals surface area contributed by atoms with E-state index in [9.17, 15) is 4.57 Å². The zero-order valence-corrected chi connectivity index (χ0v) is 11.3. The van der Waals surface area contributed by atoms with Crippen molar-refractivity contribution in [2.45, 2.75) is 25.7 Å². The maximum atomic E-state index is 10.4. The Balaban J connectivity index is 2.12. The summed E-state index contributed by atoms with van der Waals surface area (Å²) in [5.41, 5.74) is 1.23. The lowest BCUT2D eigenvalue weighted by Gasteiger charge is -2.05. The highest BCUT2D eigenvalue weighted by molar-refractivity contribution is 7.46. The molecule has 102 valence electrons. The molecule has 6 heteroatoms. The Kier molecular flexibility index (Phi) is 6.36. The van der Waals surface area contributed by atoms with Crippen LogP contribution in [0.4, 0.5) is 0 Å². The van der Waals surface area contributed by atoms with Crippen molar-refractivity contribution >= 4 is 7.82 Å². The summed E-state index contributed by atoms with van der Waals surface area (Å²) in [6, 6.07) is 7.88. The molecule has 0 atom stereocenters. The number of rotatable bonds is 8. The lowest BCUT2D eigenvalue weighted by atomic mass is 10.1. The van der Waals surface area contributed by atoms with Crippen LogP contribution in [0.5, 0.6) is 5.75 Å². The molecule has 0 aromatic heterocycles. The number of ether oxygens (including phenoxy) is 1. The summed E-state index contributed by atoms with van der Waals surface area (Å²) in [4.78, 5) is 17.0. The van der Waals surface area contributed by atoms with E-state index in [1.165, 1.54) is 5.56 Å². The van der Waals surface area contributed by atoms with E-state index < -0.39 is 7.82 Å². The van der Waals surface area contributed by atoms with Gasteiger partial charge in [-0.25, -0.2) is 4.57 Å². The number of phosphoric ester groups is 1. The first-order valence-corrected chi connectivity index (χ1v) is 7.37. The summed E-state index contributed by atoms with van der Waals surface area (Å²) in [7, 11) is -2.66. The van der Waals surface area contributed by atoms with Gasteiger partial charge in [0.05, 0.1) is 13.7 Å². The second-order valence-corrected chi connectivity index (χ2v) is 5.22. The van der Waals surface area contributed by atoms with Crippen molar-refractivity contribution in [2.24, 2.45) is 0 Å². The van der Waals surface area contributed by atoms with Crippen LogP contribution in [0.15, 0.2) is 24.3 Å². The van der Waals surface area contributed by atoms with Gasteiger partial charge in [0.25, 0.3) is 0 Å². The molecule has 1 aromatic carbocycles. The Bertz CT molecular complexity index is 384. The van der Waals surface area contributed by atoms with E-state index in [4.69, 9.17) is 14.5 Å². The second kappa shape index (κ2) is 7.54. The van der Waals surface area contributed by atoms with Gasteiger partial charge in [0.15, 0.2) is 0 Å². The third kappa shape index (κ3) is 6.77. The van der Waals surface area contributed by atoms with Gasteiger partial charge in [0.1, 0.15) is 5.75 Å². The minimum absolute atomic E-state index is 0.104. The van der Waals surface area contributed by atoms with Gasteiger partial charge in [0, 0.05) is 0 Å². The van der Waals surface area contributed by atoms with Crippen LogP contribution in [-0.2, 0) is 15.5 Å². The monoisotopic (exact) mass is 274 g/mol. The SMILES string of the molecule is COc1ccc(CCCCCOP(=O)(O)O)cc1. The predicted octanol–water partition coefficient (Wildman–Crippen LogP) is 2.52. The molecule has 0 aliphatic rings. The van der Waals surface area contributed by atoms with Crippen molar-refractivity contribution < 1.29 is 23.6 Å². The van der Waals surface area contributed by atoms with Crippen molar-refractivity contribution in [2.75, 3.05) is 13.7 Å². The number of hydrogen-bond donors (Lipinski definition) is 2. The molecule has 0 amide bonds. The highest BCUT2D eigenvalue weighted by atomic mass is 31.2. The Hall–Kier alpha value is -0.870. The molecule has 2 N–H and O–H groups in total. The van der Waals surface area contributed by atoms with Gasteiger partial charge in [-0.1, -0.05) is 18.6 Å². The van der Waals surface area contributed by atoms with Crippen molar-refractivity contribution in [3.63, 3.8) is 0 Å². The molecule has 0 saturated carbocycles. The van der Waals surface area contributed by atoms with Gasteiger partial charge in [-0.05, 0) is 37.0 Å². The molecule has 0 fully saturated rings. The van der Waals surface area contributed by atoms with Crippen LogP contribution in [-0.4, -0.2) is 23.5 Å². The van der Waals surface area contributed by atoms with Crippen molar-refractivity contribution in [3.05, 3.63) is 29.8 Å². The molecular weight excluding hydrogens is 255 g/mol. The summed E-state index contributed by atoms with van der Waals surface area (Å²) >= 11 is 0. The summed E-state index contributed by atoms with van der Waals surface area (Å²) in [6.45, 7) is 0.104. The minimum atomic E-state index is -4.30. The van der Waals surface area contributed by atoms with Gasteiger partial charge in [-0.3, -0.25) is 4.52 Å². The molecular formula is C12H19O5P. The average Bonchev–Trinajstić information content (AvgIpc) is 2.33. The number of benzene rings is 1. The van der Waals surface area contributed by atoms with Gasteiger partial charge < -0.3 is 14.5 Å². The first kappa shape index (κ1) is 15.2. The van der Waals surface area contributed by atoms with Gasteiger partial charge in [-0.2, -0.15) is 0 Å². The molecule has 0 bridgehead atoms. The summed E-state index contributed by atoms with van der Waals surface area (Å²) < 4.78 is 19.8. The predicted molar refractivity (Wildman–Crippen MR) is 68.5 cm³/mol. The topological polar surface area (TPSA) is 76.0 Å². The fourth-order valence-electron chi connectivity index (χ4n) is 1.58. The fourth-order valence-corrected chi connectivity index (χ4v) is 1.95. The van der Waals surface area contributed by atoms with Crippen LogP contribution in [0.3, 0.4) is 0 Å². The normalized spacial score (nSPS) is 11.5. The first-order valence-electron chi connectivity index (χ1n) is 5.84. The Morgan fingerprint density at radius 1 is 1.11 bits per heavy atom. The second-order valence-electron chi connectivity index (χ2n) is 3.98. The van der Waals surface area contributed by atoms with Crippen molar-refractivity contribution in [3.8, 4) is 5.75 Å². The summed E-state index contributed by atoms with van der Waals surface area (Å²) in [6.07, 6.45) is 3.45. The highest BCUT2D eigenvalue weighted by Gasteiger charge is 2.12. The van der Waals surface area contributed by atoms with Crippen LogP contribution in [0.2, 0.25) is 0 Å². The van der Waals surface area contributed by atoms with Crippen molar-refractivity contribution in [1.29, 1.82) is 0 Å². The molecule has 0 spiro atoms. The molecule has 0 heterocycles. The van der Waals surface area contributed by atoms with Crippen LogP contribution in [0, 0.1) is 0 Å². The number of unbranched alkanes of at least 4 members (excludes halogenated alkanes) is 2.